The van der Waals surface area contributed by atoms with E-state index >= 15 is 0 Å². The number of imidazole rings is 1. The van der Waals surface area contributed by atoms with Crippen molar-refractivity contribution in [2.45, 2.75) is 26.4 Å². The number of benzene rings is 1. The van der Waals surface area contributed by atoms with E-state index in [1.54, 1.807) is 0 Å². The van der Waals surface area contributed by atoms with Crippen LogP contribution in [0.2, 0.25) is 0 Å². The molecule has 0 saturated carbocycles. The zero-order chi connectivity index (χ0) is 14.5. The third kappa shape index (κ3) is 3.17. The maximum Gasteiger partial charge on any atom is 0.165 e. The van der Waals surface area contributed by atoms with Crippen molar-refractivity contribution < 1.29 is 15.1 Å². The molecule has 1 aromatic heterocycles. The van der Waals surface area contributed by atoms with Crippen LogP contribution in [0.5, 0.6) is 0 Å². The van der Waals surface area contributed by atoms with Gasteiger partial charge in [-0.2, -0.15) is 0 Å². The van der Waals surface area contributed by atoms with E-state index in [4.69, 9.17) is 15.2 Å². The number of hydrogen-bond donors (Lipinski definition) is 3. The average molecular weight is 278 g/mol. The van der Waals surface area contributed by atoms with Gasteiger partial charge < -0.3 is 19.7 Å². The molecule has 20 heavy (non-hydrogen) atoms. The van der Waals surface area contributed by atoms with Gasteiger partial charge in [0.05, 0.1) is 24.2 Å². The maximum atomic E-state index is 9.13. The maximum absolute atomic E-state index is 9.13. The number of nitrogens with one attached hydrogen (secondary N) is 1. The van der Waals surface area contributed by atoms with Gasteiger partial charge in [-0.15, -0.1) is 0 Å². The van der Waals surface area contributed by atoms with E-state index in [9.17, 15) is 0 Å². The molecule has 110 valence electrons. The van der Waals surface area contributed by atoms with Crippen LogP contribution in [0.4, 0.5) is 0 Å². The second kappa shape index (κ2) is 6.83. The minimum atomic E-state index is 0.122. The van der Waals surface area contributed by atoms with Gasteiger partial charge in [-0.05, 0) is 26.0 Å². The number of hydrogen-bond acceptors (Lipinski definition) is 3. The van der Waals surface area contributed by atoms with E-state index in [-0.39, 0.29) is 13.2 Å². The molecule has 0 bridgehead atoms. The largest absolute Gasteiger partial charge is 0.391 e. The quantitative estimate of drug-likeness (QED) is 0.667. The summed E-state index contributed by atoms with van der Waals surface area (Å²) in [6, 6.07) is 8.47. The summed E-state index contributed by atoms with van der Waals surface area (Å²) in [6.07, 6.45) is 0. The monoisotopic (exact) mass is 278 g/mol. The van der Waals surface area contributed by atoms with Crippen LogP contribution in [-0.2, 0) is 6.54 Å². The first kappa shape index (κ1) is 15.0. The van der Waals surface area contributed by atoms with Gasteiger partial charge in [-0.3, -0.25) is 0 Å². The van der Waals surface area contributed by atoms with Crippen LogP contribution in [0.25, 0.3) is 11.0 Å². The Labute approximate surface area is 119 Å². The van der Waals surface area contributed by atoms with Crippen molar-refractivity contribution in [1.82, 2.24) is 9.55 Å². The van der Waals surface area contributed by atoms with E-state index in [0.717, 1.165) is 21.8 Å². The molecule has 5 nitrogen and oxygen atoms in total. The van der Waals surface area contributed by atoms with Crippen LogP contribution < -0.4 is 4.90 Å². The lowest BCUT2D eigenvalue weighted by atomic mass is 10.3. The number of fused-ring (bicyclic) bond motifs is 1. The second-order valence-corrected chi connectivity index (χ2v) is 5.35. The van der Waals surface area contributed by atoms with Gasteiger partial charge in [0.1, 0.15) is 19.6 Å². The van der Waals surface area contributed by atoms with E-state index < -0.39 is 0 Å². The second-order valence-electron chi connectivity index (χ2n) is 5.35. The smallest absolute Gasteiger partial charge is 0.165 e. The van der Waals surface area contributed by atoms with Crippen molar-refractivity contribution in [3.63, 3.8) is 0 Å². The van der Waals surface area contributed by atoms with E-state index in [1.165, 1.54) is 0 Å². The van der Waals surface area contributed by atoms with Gasteiger partial charge in [-0.1, -0.05) is 12.1 Å². The van der Waals surface area contributed by atoms with Crippen LogP contribution >= 0.6 is 0 Å². The van der Waals surface area contributed by atoms with Crippen LogP contribution in [-0.4, -0.2) is 46.1 Å². The van der Waals surface area contributed by atoms with Crippen LogP contribution in [0.15, 0.2) is 24.3 Å². The third-order valence-corrected chi connectivity index (χ3v) is 3.52. The highest BCUT2D eigenvalue weighted by atomic mass is 16.3. The summed E-state index contributed by atoms with van der Waals surface area (Å²) >= 11 is 0. The molecule has 0 saturated heterocycles. The predicted octanol–water partition coefficient (Wildman–Crippen LogP) is -0.0133. The van der Waals surface area contributed by atoms with Gasteiger partial charge in [-0.25, -0.2) is 4.98 Å². The fraction of sp³-hybridized carbons (Fsp3) is 0.533. The summed E-state index contributed by atoms with van der Waals surface area (Å²) in [6.45, 7) is 6.51. The van der Waals surface area contributed by atoms with Gasteiger partial charge >= 0.3 is 0 Å². The van der Waals surface area contributed by atoms with Crippen LogP contribution in [0.3, 0.4) is 0 Å². The van der Waals surface area contributed by atoms with Crippen LogP contribution in [0, 0.1) is 0 Å². The lowest BCUT2D eigenvalue weighted by Crippen LogP contribution is -3.11. The summed E-state index contributed by atoms with van der Waals surface area (Å²) in [7, 11) is 0. The van der Waals surface area contributed by atoms with E-state index in [1.807, 2.05) is 18.2 Å². The first-order valence-corrected chi connectivity index (χ1v) is 7.18. The van der Waals surface area contributed by atoms with Crippen molar-refractivity contribution in [1.29, 1.82) is 0 Å². The fourth-order valence-electron chi connectivity index (χ4n) is 2.64. The number of aromatic nitrogens is 2. The normalized spacial score (nSPS) is 11.9. The molecule has 0 unspecified atom stereocenters. The summed E-state index contributed by atoms with van der Waals surface area (Å²) in [5, 5.41) is 18.3. The Bertz CT molecular complexity index is 545. The number of rotatable bonds is 7. The van der Waals surface area contributed by atoms with Gasteiger partial charge in [0, 0.05) is 6.04 Å². The lowest BCUT2D eigenvalue weighted by Gasteiger charge is -2.19. The molecule has 1 heterocycles. The molecule has 3 N–H and O–H groups in total. The molecule has 2 rings (SSSR count). The molecule has 0 spiro atoms. The highest BCUT2D eigenvalue weighted by molar-refractivity contribution is 5.76. The molecule has 0 atom stereocenters. The van der Waals surface area contributed by atoms with Crippen molar-refractivity contribution in [2.75, 3.05) is 26.3 Å². The highest BCUT2D eigenvalue weighted by Gasteiger charge is 2.17. The Hall–Kier alpha value is -1.43. The van der Waals surface area contributed by atoms with Gasteiger partial charge in [0.2, 0.25) is 0 Å². The predicted molar refractivity (Wildman–Crippen MR) is 78.7 cm³/mol. The van der Waals surface area contributed by atoms with Crippen molar-refractivity contribution >= 4 is 11.0 Å². The van der Waals surface area contributed by atoms with Crippen LogP contribution in [0.1, 0.15) is 25.7 Å². The van der Waals surface area contributed by atoms with E-state index in [0.29, 0.717) is 25.7 Å². The van der Waals surface area contributed by atoms with Gasteiger partial charge in [0.25, 0.3) is 0 Å². The summed E-state index contributed by atoms with van der Waals surface area (Å²) < 4.78 is 2.24. The summed E-state index contributed by atoms with van der Waals surface area (Å²) in [4.78, 5) is 5.86. The Balaban J connectivity index is 2.34. The number of aliphatic hydroxyl groups excluding tert-OH is 2. The number of para-hydroxylation sites is 2. The van der Waals surface area contributed by atoms with Crippen molar-refractivity contribution in [3.05, 3.63) is 30.1 Å². The topological polar surface area (TPSA) is 62.7 Å². The fourth-order valence-corrected chi connectivity index (χ4v) is 2.64. The Morgan fingerprint density at radius 1 is 1.15 bits per heavy atom. The molecule has 0 aliphatic rings. The average Bonchev–Trinajstić information content (AvgIpc) is 2.77. The zero-order valence-electron chi connectivity index (χ0n) is 12.2. The molecule has 0 fully saturated rings. The first-order valence-electron chi connectivity index (χ1n) is 7.18. The number of quaternary nitrogens is 1. The highest BCUT2D eigenvalue weighted by Crippen LogP contribution is 2.20. The molecule has 0 amide bonds. The minimum absolute atomic E-state index is 0.122. The standard InChI is InChI=1S/C15H23N3O2/c1-12(2)18-14-6-4-3-5-13(14)16-15(18)11-17(7-9-19)8-10-20/h3-6,12,19-20H,7-11H2,1-2H3/p+1. The number of aliphatic hydroxyl groups is 2. The molecule has 0 radical (unpaired) electrons. The summed E-state index contributed by atoms with van der Waals surface area (Å²) in [5.74, 6) is 1.01. The molecule has 2 aromatic rings. The van der Waals surface area contributed by atoms with Crippen molar-refractivity contribution in [3.8, 4) is 0 Å². The van der Waals surface area contributed by atoms with E-state index in [2.05, 4.69) is 24.5 Å². The molecule has 0 aliphatic carbocycles. The Morgan fingerprint density at radius 3 is 2.40 bits per heavy atom. The molecular weight excluding hydrogens is 254 g/mol. The molecule has 1 aromatic carbocycles. The number of nitrogens with zero attached hydrogens (tertiary/aromatic N) is 2. The zero-order valence-corrected chi connectivity index (χ0v) is 12.2. The molecule has 5 heteroatoms. The Kier molecular flexibility index (Phi) is 5.11. The van der Waals surface area contributed by atoms with Gasteiger partial charge in [0.15, 0.2) is 5.82 Å². The third-order valence-electron chi connectivity index (χ3n) is 3.52. The lowest BCUT2D eigenvalue weighted by molar-refractivity contribution is -0.915. The minimum Gasteiger partial charge on any atom is -0.391 e. The molecule has 0 aliphatic heterocycles. The Morgan fingerprint density at radius 2 is 1.80 bits per heavy atom. The van der Waals surface area contributed by atoms with Crippen molar-refractivity contribution in [2.24, 2.45) is 0 Å². The summed E-state index contributed by atoms with van der Waals surface area (Å²) in [5.41, 5.74) is 2.15. The SMILES string of the molecule is CC(C)n1c(C[NH+](CCO)CCO)nc2ccccc21. The first-order chi connectivity index (χ1) is 9.67. The molecular formula is C15H24N3O2+.